The van der Waals surface area contributed by atoms with Gasteiger partial charge in [0.1, 0.15) is 17.2 Å². The number of hydrogen-bond acceptors (Lipinski definition) is 4. The fourth-order valence-corrected chi connectivity index (χ4v) is 3.08. The van der Waals surface area contributed by atoms with Crippen molar-refractivity contribution in [2.75, 3.05) is 24.6 Å². The van der Waals surface area contributed by atoms with Crippen LogP contribution in [0.3, 0.4) is 0 Å². The van der Waals surface area contributed by atoms with Gasteiger partial charge in [-0.3, -0.25) is 0 Å². The van der Waals surface area contributed by atoms with Gasteiger partial charge in [0, 0.05) is 18.8 Å². The fraction of sp³-hybridized carbons (Fsp3) is 0.368. The topological polar surface area (TPSA) is 41.9 Å². The molecule has 0 saturated heterocycles. The number of aryl methyl sites for hydroxylation is 1. The molecule has 0 radical (unpaired) electrons. The van der Waals surface area contributed by atoms with Gasteiger partial charge in [-0.2, -0.15) is 0 Å². The Morgan fingerprint density at radius 2 is 1.77 bits per heavy atom. The van der Waals surface area contributed by atoms with E-state index in [0.29, 0.717) is 12.4 Å². The Kier molecular flexibility index (Phi) is 5.44. The number of phenols is 1. The third-order valence-corrected chi connectivity index (χ3v) is 4.18. The molecule has 140 valence electrons. The highest BCUT2D eigenvalue weighted by Gasteiger charge is 2.30. The molecule has 0 saturated carbocycles. The Bertz CT molecular complexity index is 732. The van der Waals surface area contributed by atoms with Gasteiger partial charge in [0.2, 0.25) is 0 Å². The monoisotopic (exact) mass is 367 g/mol. The van der Waals surface area contributed by atoms with Crippen LogP contribution < -0.4 is 14.4 Å². The van der Waals surface area contributed by atoms with Gasteiger partial charge in [-0.25, -0.2) is 0 Å². The van der Waals surface area contributed by atoms with Crippen LogP contribution >= 0.6 is 0 Å². The molecule has 0 amide bonds. The molecule has 0 atom stereocenters. The second-order valence-corrected chi connectivity index (χ2v) is 6.12. The first-order valence-electron chi connectivity index (χ1n) is 8.46. The molecular formula is C19H20F3NO3. The number of hydrogen-bond donors (Lipinski definition) is 1. The Hall–Kier alpha value is -2.57. The Labute approximate surface area is 149 Å². The van der Waals surface area contributed by atoms with Crippen molar-refractivity contribution in [2.24, 2.45) is 0 Å². The number of rotatable bonds is 6. The lowest BCUT2D eigenvalue weighted by molar-refractivity contribution is -0.274. The summed E-state index contributed by atoms with van der Waals surface area (Å²) in [7, 11) is 0. The Morgan fingerprint density at radius 3 is 2.50 bits per heavy atom. The Balaban J connectivity index is 1.46. The van der Waals surface area contributed by atoms with E-state index in [0.717, 1.165) is 43.6 Å². The molecule has 4 nitrogen and oxygen atoms in total. The van der Waals surface area contributed by atoms with E-state index in [4.69, 9.17) is 4.74 Å². The van der Waals surface area contributed by atoms with Crippen LogP contribution in [-0.4, -0.2) is 31.2 Å². The van der Waals surface area contributed by atoms with Crippen molar-refractivity contribution in [3.63, 3.8) is 0 Å². The zero-order chi connectivity index (χ0) is 18.6. The lowest BCUT2D eigenvalue weighted by Crippen LogP contribution is -2.31. The predicted molar refractivity (Wildman–Crippen MR) is 91.9 cm³/mol. The summed E-state index contributed by atoms with van der Waals surface area (Å²) < 4.78 is 45.8. The third-order valence-electron chi connectivity index (χ3n) is 4.18. The molecule has 0 unspecified atom stereocenters. The van der Waals surface area contributed by atoms with Crippen LogP contribution in [0.5, 0.6) is 17.2 Å². The highest BCUT2D eigenvalue weighted by atomic mass is 19.4. The SMILES string of the molecule is Oc1ccc2c(c1)CCCN2CCCOc1ccc(OC(F)(F)F)cc1. The molecule has 7 heteroatoms. The van der Waals surface area contributed by atoms with Crippen molar-refractivity contribution < 1.29 is 27.8 Å². The molecule has 3 rings (SSSR count). The number of anilines is 1. The fourth-order valence-electron chi connectivity index (χ4n) is 3.08. The highest BCUT2D eigenvalue weighted by Crippen LogP contribution is 2.30. The number of alkyl halides is 3. The van der Waals surface area contributed by atoms with Crippen molar-refractivity contribution in [3.8, 4) is 17.2 Å². The summed E-state index contributed by atoms with van der Waals surface area (Å²) in [6.07, 6.45) is -1.91. The first-order valence-corrected chi connectivity index (χ1v) is 8.46. The van der Waals surface area contributed by atoms with Crippen LogP contribution in [0.25, 0.3) is 0 Å². The van der Waals surface area contributed by atoms with Crippen molar-refractivity contribution in [1.82, 2.24) is 0 Å². The Morgan fingerprint density at radius 1 is 1.04 bits per heavy atom. The molecule has 0 aromatic heterocycles. The van der Waals surface area contributed by atoms with Crippen LogP contribution in [0.4, 0.5) is 18.9 Å². The largest absolute Gasteiger partial charge is 0.573 e. The molecule has 1 aliphatic heterocycles. The van der Waals surface area contributed by atoms with Crippen LogP contribution in [0, 0.1) is 0 Å². The van der Waals surface area contributed by atoms with Gasteiger partial charge in [-0.1, -0.05) is 0 Å². The normalized spacial score (nSPS) is 14.0. The molecule has 1 heterocycles. The lowest BCUT2D eigenvalue weighted by atomic mass is 10.0. The smallest absolute Gasteiger partial charge is 0.508 e. The standard InChI is InChI=1S/C19H20F3NO3/c20-19(21,22)26-17-7-5-16(6-8-17)25-12-2-11-23-10-1-3-14-13-15(24)4-9-18(14)23/h4-9,13,24H,1-3,10-12H2. The molecule has 1 aliphatic rings. The number of nitrogens with zero attached hydrogens (tertiary/aromatic N) is 1. The number of benzene rings is 2. The second kappa shape index (κ2) is 7.76. The maximum atomic E-state index is 12.1. The number of fused-ring (bicyclic) bond motifs is 1. The molecule has 0 spiro atoms. The van der Waals surface area contributed by atoms with Gasteiger partial charge in [0.15, 0.2) is 0 Å². The first-order chi connectivity index (χ1) is 12.4. The maximum absolute atomic E-state index is 12.1. The summed E-state index contributed by atoms with van der Waals surface area (Å²) in [6, 6.07) is 10.8. The quantitative estimate of drug-likeness (QED) is 0.763. The molecule has 0 bridgehead atoms. The summed E-state index contributed by atoms with van der Waals surface area (Å²) in [5, 5.41) is 9.59. The van der Waals surface area contributed by atoms with Gasteiger partial charge < -0.3 is 19.5 Å². The molecule has 0 fully saturated rings. The summed E-state index contributed by atoms with van der Waals surface area (Å²) in [6.45, 7) is 2.23. The van der Waals surface area contributed by atoms with Crippen molar-refractivity contribution in [1.29, 1.82) is 0 Å². The zero-order valence-corrected chi connectivity index (χ0v) is 14.1. The van der Waals surface area contributed by atoms with E-state index in [-0.39, 0.29) is 11.5 Å². The molecular weight excluding hydrogens is 347 g/mol. The molecule has 0 aliphatic carbocycles. The van der Waals surface area contributed by atoms with E-state index in [1.54, 1.807) is 6.07 Å². The van der Waals surface area contributed by atoms with Gasteiger partial charge in [0.25, 0.3) is 0 Å². The van der Waals surface area contributed by atoms with E-state index >= 15 is 0 Å². The summed E-state index contributed by atoms with van der Waals surface area (Å²) in [5.41, 5.74) is 2.29. The van der Waals surface area contributed by atoms with Crippen LogP contribution in [0.1, 0.15) is 18.4 Å². The average molecular weight is 367 g/mol. The molecule has 2 aromatic rings. The van der Waals surface area contributed by atoms with E-state index in [2.05, 4.69) is 9.64 Å². The molecule has 2 aromatic carbocycles. The minimum atomic E-state index is -4.69. The van der Waals surface area contributed by atoms with Crippen molar-refractivity contribution in [3.05, 3.63) is 48.0 Å². The van der Waals surface area contributed by atoms with Crippen LogP contribution in [0.15, 0.2) is 42.5 Å². The number of ether oxygens (including phenoxy) is 2. The van der Waals surface area contributed by atoms with E-state index in [1.165, 1.54) is 24.3 Å². The number of halogens is 3. The first kappa shape index (κ1) is 18.2. The van der Waals surface area contributed by atoms with E-state index < -0.39 is 6.36 Å². The summed E-state index contributed by atoms with van der Waals surface area (Å²) in [5.74, 6) is 0.522. The highest BCUT2D eigenvalue weighted by molar-refractivity contribution is 5.57. The zero-order valence-electron chi connectivity index (χ0n) is 14.1. The number of phenolic OH excluding ortho intramolecular Hbond substituents is 1. The van der Waals surface area contributed by atoms with Gasteiger partial charge in [-0.15, -0.1) is 13.2 Å². The molecule has 26 heavy (non-hydrogen) atoms. The van der Waals surface area contributed by atoms with Gasteiger partial charge in [0.05, 0.1) is 6.61 Å². The summed E-state index contributed by atoms with van der Waals surface area (Å²) >= 11 is 0. The number of aromatic hydroxyl groups is 1. The minimum Gasteiger partial charge on any atom is -0.508 e. The van der Waals surface area contributed by atoms with Gasteiger partial charge >= 0.3 is 6.36 Å². The minimum absolute atomic E-state index is 0.266. The maximum Gasteiger partial charge on any atom is 0.573 e. The van der Waals surface area contributed by atoms with Crippen molar-refractivity contribution in [2.45, 2.75) is 25.6 Å². The average Bonchev–Trinajstić information content (AvgIpc) is 2.58. The van der Waals surface area contributed by atoms with Crippen molar-refractivity contribution >= 4 is 5.69 Å². The van der Waals surface area contributed by atoms with E-state index in [1.807, 2.05) is 12.1 Å². The van der Waals surface area contributed by atoms with Crippen LogP contribution in [0.2, 0.25) is 0 Å². The van der Waals surface area contributed by atoms with Crippen LogP contribution in [-0.2, 0) is 6.42 Å². The van der Waals surface area contributed by atoms with Gasteiger partial charge in [-0.05, 0) is 67.3 Å². The van der Waals surface area contributed by atoms with E-state index in [9.17, 15) is 18.3 Å². The second-order valence-electron chi connectivity index (χ2n) is 6.12. The predicted octanol–water partition coefficient (Wildman–Crippen LogP) is 4.51. The summed E-state index contributed by atoms with van der Waals surface area (Å²) in [4.78, 5) is 2.27. The lowest BCUT2D eigenvalue weighted by Gasteiger charge is -2.31. The molecule has 1 N–H and O–H groups in total. The third kappa shape index (κ3) is 4.97.